The minimum absolute atomic E-state index is 0.407. The van der Waals surface area contributed by atoms with Gasteiger partial charge in [0.2, 0.25) is 0 Å². The summed E-state index contributed by atoms with van der Waals surface area (Å²) < 4.78 is 1.87. The van der Waals surface area contributed by atoms with Crippen molar-refractivity contribution in [2.75, 3.05) is 18.6 Å². The maximum absolute atomic E-state index is 3.98. The molecule has 2 unspecified atom stereocenters. The predicted octanol–water partition coefficient (Wildman–Crippen LogP) is 0.829. The van der Waals surface area contributed by atoms with Gasteiger partial charge >= 0.3 is 0 Å². The Hall–Kier alpha value is -0.550. The molecule has 0 bridgehead atoms. The van der Waals surface area contributed by atoms with Crippen LogP contribution in [0.4, 0.5) is 0 Å². The van der Waals surface area contributed by atoms with Crippen molar-refractivity contribution in [3.8, 4) is 0 Å². The Labute approximate surface area is 88.4 Å². The molecule has 0 saturated carbocycles. The van der Waals surface area contributed by atoms with Crippen LogP contribution in [0, 0.1) is 5.92 Å². The van der Waals surface area contributed by atoms with E-state index in [-0.39, 0.29) is 0 Å². The van der Waals surface area contributed by atoms with Gasteiger partial charge in [0.05, 0.1) is 17.9 Å². The smallest absolute Gasteiger partial charge is 0.0756 e. The van der Waals surface area contributed by atoms with Crippen LogP contribution in [0.1, 0.15) is 18.2 Å². The Morgan fingerprint density at radius 1 is 1.71 bits per heavy atom. The van der Waals surface area contributed by atoms with Crippen molar-refractivity contribution in [3.05, 3.63) is 11.9 Å². The van der Waals surface area contributed by atoms with Crippen molar-refractivity contribution in [2.45, 2.75) is 12.5 Å². The lowest BCUT2D eigenvalue weighted by atomic mass is 9.97. The van der Waals surface area contributed by atoms with E-state index in [9.17, 15) is 0 Å². The standard InChI is InChI=1S/C9H16N4S/c1-10-9(7-3-4-14-6-7)8-5-11-12-13(8)2/h5,7,9-10H,3-4,6H2,1-2H3. The van der Waals surface area contributed by atoms with Gasteiger partial charge in [-0.15, -0.1) is 5.10 Å². The van der Waals surface area contributed by atoms with Gasteiger partial charge in [-0.05, 0) is 30.9 Å². The molecule has 1 aliphatic heterocycles. The SMILES string of the molecule is CNC(c1cnnn1C)C1CCSC1. The summed E-state index contributed by atoms with van der Waals surface area (Å²) in [6.07, 6.45) is 3.16. The first kappa shape index (κ1) is 9.98. The van der Waals surface area contributed by atoms with E-state index in [4.69, 9.17) is 0 Å². The Morgan fingerprint density at radius 2 is 2.57 bits per heavy atom. The normalized spacial score (nSPS) is 24.0. The molecular weight excluding hydrogens is 196 g/mol. The molecular formula is C9H16N4S. The topological polar surface area (TPSA) is 42.7 Å². The molecule has 1 fully saturated rings. The first-order valence-electron chi connectivity index (χ1n) is 4.92. The minimum atomic E-state index is 0.407. The lowest BCUT2D eigenvalue weighted by Gasteiger charge is -2.21. The Morgan fingerprint density at radius 3 is 3.07 bits per heavy atom. The highest BCUT2D eigenvalue weighted by molar-refractivity contribution is 7.99. The molecule has 1 aromatic rings. The molecule has 5 heteroatoms. The number of thioether (sulfide) groups is 1. The van der Waals surface area contributed by atoms with Crippen LogP contribution in [-0.4, -0.2) is 33.5 Å². The molecule has 0 radical (unpaired) electrons. The van der Waals surface area contributed by atoms with Crippen LogP contribution in [0.2, 0.25) is 0 Å². The minimum Gasteiger partial charge on any atom is -0.311 e. The van der Waals surface area contributed by atoms with Gasteiger partial charge in [-0.25, -0.2) is 0 Å². The molecule has 0 aromatic carbocycles. The zero-order chi connectivity index (χ0) is 9.97. The summed E-state index contributed by atoms with van der Waals surface area (Å²) in [6.45, 7) is 0. The third kappa shape index (κ3) is 1.79. The lowest BCUT2D eigenvalue weighted by molar-refractivity contribution is 0.397. The third-order valence-corrected chi connectivity index (χ3v) is 4.00. The molecule has 1 aliphatic rings. The summed E-state index contributed by atoms with van der Waals surface area (Å²) in [5.41, 5.74) is 1.19. The maximum Gasteiger partial charge on any atom is 0.0756 e. The number of hydrogen-bond donors (Lipinski definition) is 1. The molecule has 4 nitrogen and oxygen atoms in total. The van der Waals surface area contributed by atoms with E-state index in [1.807, 2.05) is 36.7 Å². The van der Waals surface area contributed by atoms with Crippen LogP contribution in [0.25, 0.3) is 0 Å². The number of nitrogens with one attached hydrogen (secondary N) is 1. The fourth-order valence-corrected chi connectivity index (χ4v) is 3.32. The lowest BCUT2D eigenvalue weighted by Crippen LogP contribution is -2.27. The van der Waals surface area contributed by atoms with Crippen molar-refractivity contribution in [1.82, 2.24) is 20.3 Å². The van der Waals surface area contributed by atoms with Crippen LogP contribution in [0.15, 0.2) is 6.20 Å². The molecule has 2 heterocycles. The van der Waals surface area contributed by atoms with Gasteiger partial charge in [-0.3, -0.25) is 4.68 Å². The highest BCUT2D eigenvalue weighted by Crippen LogP contribution is 2.33. The fourth-order valence-electron chi connectivity index (χ4n) is 2.02. The van der Waals surface area contributed by atoms with E-state index in [1.54, 1.807) is 0 Å². The average molecular weight is 212 g/mol. The van der Waals surface area contributed by atoms with Crippen molar-refractivity contribution < 1.29 is 0 Å². The van der Waals surface area contributed by atoms with Crippen LogP contribution in [0.3, 0.4) is 0 Å². The summed E-state index contributed by atoms with van der Waals surface area (Å²) in [6, 6.07) is 0.407. The Kier molecular flexibility index (Phi) is 3.08. The van der Waals surface area contributed by atoms with E-state index in [1.165, 1.54) is 23.6 Å². The van der Waals surface area contributed by atoms with E-state index < -0.39 is 0 Å². The number of hydrogen-bond acceptors (Lipinski definition) is 4. The van der Waals surface area contributed by atoms with Crippen molar-refractivity contribution >= 4 is 11.8 Å². The highest BCUT2D eigenvalue weighted by Gasteiger charge is 2.27. The van der Waals surface area contributed by atoms with Gasteiger partial charge in [0, 0.05) is 7.05 Å². The van der Waals surface area contributed by atoms with Crippen LogP contribution >= 0.6 is 11.8 Å². The second kappa shape index (κ2) is 4.31. The zero-order valence-corrected chi connectivity index (χ0v) is 9.42. The molecule has 14 heavy (non-hydrogen) atoms. The zero-order valence-electron chi connectivity index (χ0n) is 8.60. The first-order valence-corrected chi connectivity index (χ1v) is 6.08. The molecule has 0 amide bonds. The van der Waals surface area contributed by atoms with Crippen molar-refractivity contribution in [3.63, 3.8) is 0 Å². The van der Waals surface area contributed by atoms with Gasteiger partial charge in [0.1, 0.15) is 0 Å². The van der Waals surface area contributed by atoms with Gasteiger partial charge in [0.15, 0.2) is 0 Å². The Balaban J connectivity index is 2.16. The van der Waals surface area contributed by atoms with Gasteiger partial charge in [-0.1, -0.05) is 5.21 Å². The average Bonchev–Trinajstić information content (AvgIpc) is 2.80. The molecule has 1 aromatic heterocycles. The molecule has 1 N–H and O–H groups in total. The molecule has 0 aliphatic carbocycles. The van der Waals surface area contributed by atoms with Gasteiger partial charge < -0.3 is 5.32 Å². The first-order chi connectivity index (χ1) is 6.83. The van der Waals surface area contributed by atoms with E-state index in [0.717, 1.165) is 5.92 Å². The largest absolute Gasteiger partial charge is 0.311 e. The number of nitrogens with zero attached hydrogens (tertiary/aromatic N) is 3. The van der Waals surface area contributed by atoms with Crippen LogP contribution in [-0.2, 0) is 7.05 Å². The van der Waals surface area contributed by atoms with E-state index in [0.29, 0.717) is 6.04 Å². The number of aryl methyl sites for hydroxylation is 1. The predicted molar refractivity (Wildman–Crippen MR) is 58.2 cm³/mol. The highest BCUT2D eigenvalue weighted by atomic mass is 32.2. The monoisotopic (exact) mass is 212 g/mol. The number of aromatic nitrogens is 3. The van der Waals surface area contributed by atoms with Crippen molar-refractivity contribution in [2.24, 2.45) is 13.0 Å². The van der Waals surface area contributed by atoms with Gasteiger partial charge in [-0.2, -0.15) is 11.8 Å². The van der Waals surface area contributed by atoms with Crippen LogP contribution < -0.4 is 5.32 Å². The summed E-state index contributed by atoms with van der Waals surface area (Å²) in [7, 11) is 3.97. The van der Waals surface area contributed by atoms with Crippen LogP contribution in [0.5, 0.6) is 0 Å². The molecule has 0 spiro atoms. The molecule has 1 saturated heterocycles. The quantitative estimate of drug-likeness (QED) is 0.806. The fraction of sp³-hybridized carbons (Fsp3) is 0.778. The molecule has 2 rings (SSSR count). The van der Waals surface area contributed by atoms with Gasteiger partial charge in [0.25, 0.3) is 0 Å². The number of rotatable bonds is 3. The van der Waals surface area contributed by atoms with Crippen molar-refractivity contribution in [1.29, 1.82) is 0 Å². The maximum atomic E-state index is 3.98. The summed E-state index contributed by atoms with van der Waals surface area (Å²) in [4.78, 5) is 0. The summed E-state index contributed by atoms with van der Waals surface area (Å²) >= 11 is 2.04. The van der Waals surface area contributed by atoms with E-state index >= 15 is 0 Å². The second-order valence-electron chi connectivity index (χ2n) is 3.67. The molecule has 78 valence electrons. The van der Waals surface area contributed by atoms with E-state index in [2.05, 4.69) is 15.6 Å². The Bertz CT molecular complexity index is 293. The second-order valence-corrected chi connectivity index (χ2v) is 4.82. The summed E-state index contributed by atoms with van der Waals surface area (Å²) in [5, 5.41) is 11.3. The molecule has 2 atom stereocenters. The third-order valence-electron chi connectivity index (χ3n) is 2.82. The summed E-state index contributed by atoms with van der Waals surface area (Å²) in [5.74, 6) is 3.26.